The van der Waals surface area contributed by atoms with Crippen LogP contribution in [0.4, 0.5) is 16.2 Å². The van der Waals surface area contributed by atoms with Gasteiger partial charge in [0.25, 0.3) is 0 Å². The van der Waals surface area contributed by atoms with Gasteiger partial charge in [-0.3, -0.25) is 4.79 Å². The molecule has 0 aromatic heterocycles. The largest absolute Gasteiger partial charge is 0.496 e. The van der Waals surface area contributed by atoms with Crippen molar-refractivity contribution in [3.63, 3.8) is 0 Å². The molecule has 1 saturated heterocycles. The molecule has 0 atom stereocenters. The van der Waals surface area contributed by atoms with Gasteiger partial charge in [-0.1, -0.05) is 24.3 Å². The van der Waals surface area contributed by atoms with Crippen molar-refractivity contribution >= 4 is 23.3 Å². The molecule has 1 aliphatic heterocycles. The second kappa shape index (κ2) is 9.82. The first-order valence-corrected chi connectivity index (χ1v) is 9.84. The molecular weight excluding hydrogens is 368 g/mol. The number of rotatable bonds is 6. The second-order valence-electron chi connectivity index (χ2n) is 7.00. The third-order valence-corrected chi connectivity index (χ3v) is 4.96. The second-order valence-corrected chi connectivity index (χ2v) is 7.00. The number of ether oxygens (including phenoxy) is 1. The van der Waals surface area contributed by atoms with Crippen LogP contribution in [0.25, 0.3) is 0 Å². The number of hydrogen-bond acceptors (Lipinski definition) is 4. The lowest BCUT2D eigenvalue weighted by molar-refractivity contribution is -0.114. The highest BCUT2D eigenvalue weighted by Crippen LogP contribution is 2.21. The summed E-state index contributed by atoms with van der Waals surface area (Å²) in [7, 11) is 1.66. The van der Waals surface area contributed by atoms with Crippen LogP contribution in [0.1, 0.15) is 12.5 Å². The molecule has 0 spiro atoms. The van der Waals surface area contributed by atoms with E-state index in [0.29, 0.717) is 19.6 Å². The Morgan fingerprint density at radius 2 is 1.79 bits per heavy atom. The number of carbonyl (C=O) groups excluding carboxylic acids is 2. The highest BCUT2D eigenvalue weighted by molar-refractivity contribution is 5.89. The predicted octanol–water partition coefficient (Wildman–Crippen LogP) is 2.73. The van der Waals surface area contributed by atoms with E-state index in [4.69, 9.17) is 4.74 Å². The van der Waals surface area contributed by atoms with Crippen molar-refractivity contribution in [1.29, 1.82) is 0 Å². The minimum Gasteiger partial charge on any atom is -0.496 e. The molecule has 154 valence electrons. The molecule has 0 unspecified atom stereocenters. The fraction of sp³-hybridized carbons (Fsp3) is 0.364. The van der Waals surface area contributed by atoms with Gasteiger partial charge in [0.2, 0.25) is 5.91 Å². The van der Waals surface area contributed by atoms with Crippen LogP contribution in [0.2, 0.25) is 0 Å². The Morgan fingerprint density at radius 1 is 1.03 bits per heavy atom. The maximum Gasteiger partial charge on any atom is 0.317 e. The van der Waals surface area contributed by atoms with E-state index in [-0.39, 0.29) is 11.9 Å². The summed E-state index contributed by atoms with van der Waals surface area (Å²) in [5.74, 6) is 0.758. The molecule has 2 aromatic rings. The van der Waals surface area contributed by atoms with E-state index in [0.717, 1.165) is 42.2 Å². The number of nitrogens with one attached hydrogen (secondary N) is 2. The van der Waals surface area contributed by atoms with Crippen molar-refractivity contribution in [3.8, 4) is 5.75 Å². The van der Waals surface area contributed by atoms with Crippen molar-refractivity contribution in [2.24, 2.45) is 0 Å². The van der Waals surface area contributed by atoms with E-state index in [9.17, 15) is 9.59 Å². The summed E-state index contributed by atoms with van der Waals surface area (Å²) < 4.78 is 5.35. The zero-order chi connectivity index (χ0) is 20.6. The Morgan fingerprint density at radius 3 is 2.52 bits per heavy atom. The van der Waals surface area contributed by atoms with Crippen molar-refractivity contribution < 1.29 is 14.3 Å². The third kappa shape index (κ3) is 5.63. The van der Waals surface area contributed by atoms with Crippen molar-refractivity contribution in [1.82, 2.24) is 10.2 Å². The fourth-order valence-corrected chi connectivity index (χ4v) is 3.48. The molecule has 1 aliphatic rings. The summed E-state index contributed by atoms with van der Waals surface area (Å²) in [6, 6.07) is 15.6. The summed E-state index contributed by atoms with van der Waals surface area (Å²) in [6.45, 7) is 4.89. The van der Waals surface area contributed by atoms with Gasteiger partial charge in [-0.25, -0.2) is 4.79 Å². The lowest BCUT2D eigenvalue weighted by Gasteiger charge is -2.36. The SMILES string of the molecule is COc1ccccc1CCNC(=O)N1CCN(c2cccc(NC(C)=O)c2)CC1. The topological polar surface area (TPSA) is 73.9 Å². The molecular formula is C22H28N4O3. The van der Waals surface area contributed by atoms with Crippen LogP contribution in [-0.2, 0) is 11.2 Å². The Hall–Kier alpha value is -3.22. The molecule has 7 heteroatoms. The lowest BCUT2D eigenvalue weighted by Crippen LogP contribution is -2.52. The smallest absolute Gasteiger partial charge is 0.317 e. The van der Waals surface area contributed by atoms with Gasteiger partial charge in [-0.2, -0.15) is 0 Å². The molecule has 7 nitrogen and oxygen atoms in total. The average Bonchev–Trinajstić information content (AvgIpc) is 2.74. The number of carbonyl (C=O) groups is 2. The zero-order valence-corrected chi connectivity index (χ0v) is 17.0. The molecule has 2 aromatic carbocycles. The molecule has 0 radical (unpaired) electrons. The number of hydrogen-bond donors (Lipinski definition) is 2. The zero-order valence-electron chi connectivity index (χ0n) is 17.0. The predicted molar refractivity (Wildman–Crippen MR) is 115 cm³/mol. The molecule has 3 amide bonds. The van der Waals surface area contributed by atoms with E-state index < -0.39 is 0 Å². The molecule has 3 rings (SSSR count). The highest BCUT2D eigenvalue weighted by atomic mass is 16.5. The molecule has 1 heterocycles. The molecule has 0 aliphatic carbocycles. The Kier molecular flexibility index (Phi) is 6.94. The number of benzene rings is 2. The molecule has 2 N–H and O–H groups in total. The van der Waals surface area contributed by atoms with Crippen LogP contribution >= 0.6 is 0 Å². The first-order chi connectivity index (χ1) is 14.1. The lowest BCUT2D eigenvalue weighted by atomic mass is 10.1. The summed E-state index contributed by atoms with van der Waals surface area (Å²) in [6.07, 6.45) is 0.728. The van der Waals surface area contributed by atoms with E-state index in [1.54, 1.807) is 7.11 Å². The first-order valence-electron chi connectivity index (χ1n) is 9.84. The van der Waals surface area contributed by atoms with Gasteiger partial charge in [0.1, 0.15) is 5.75 Å². The number of piperazine rings is 1. The van der Waals surface area contributed by atoms with Gasteiger partial charge < -0.3 is 25.2 Å². The number of urea groups is 1. The Labute approximate surface area is 171 Å². The minimum absolute atomic E-state index is 0.0356. The molecule has 0 saturated carbocycles. The van der Waals surface area contributed by atoms with Gasteiger partial charge in [0, 0.05) is 51.0 Å². The van der Waals surface area contributed by atoms with E-state index >= 15 is 0 Å². The maximum absolute atomic E-state index is 12.5. The van der Waals surface area contributed by atoms with Crippen LogP contribution in [0.5, 0.6) is 5.75 Å². The van der Waals surface area contributed by atoms with Gasteiger partial charge in [0.05, 0.1) is 7.11 Å². The maximum atomic E-state index is 12.5. The standard InChI is InChI=1S/C22H28N4O3/c1-17(27)24-19-7-5-8-20(16-19)25-12-14-26(15-13-25)22(28)23-11-10-18-6-3-4-9-21(18)29-2/h3-9,16H,10-15H2,1-2H3,(H,23,28)(H,24,27). The first kappa shape index (κ1) is 20.5. The summed E-state index contributed by atoms with van der Waals surface area (Å²) in [4.78, 5) is 27.8. The normalized spacial score (nSPS) is 13.7. The van der Waals surface area contributed by atoms with Crippen LogP contribution in [0, 0.1) is 0 Å². The van der Waals surface area contributed by atoms with Crippen LogP contribution < -0.4 is 20.3 Å². The van der Waals surface area contributed by atoms with Crippen LogP contribution in [-0.4, -0.2) is 56.7 Å². The Bertz CT molecular complexity index is 847. The van der Waals surface area contributed by atoms with E-state index in [2.05, 4.69) is 15.5 Å². The molecule has 0 bridgehead atoms. The van der Waals surface area contributed by atoms with E-state index in [1.807, 2.05) is 53.4 Å². The van der Waals surface area contributed by atoms with Gasteiger partial charge in [-0.15, -0.1) is 0 Å². The number of amides is 3. The number of anilines is 2. The summed E-state index contributed by atoms with van der Waals surface area (Å²) in [5.41, 5.74) is 2.91. The highest BCUT2D eigenvalue weighted by Gasteiger charge is 2.21. The minimum atomic E-state index is -0.0863. The Balaban J connectivity index is 1.46. The monoisotopic (exact) mass is 396 g/mol. The number of methoxy groups -OCH3 is 1. The van der Waals surface area contributed by atoms with Gasteiger partial charge in [0.15, 0.2) is 0 Å². The van der Waals surface area contributed by atoms with E-state index in [1.165, 1.54) is 6.92 Å². The summed E-state index contributed by atoms with van der Waals surface area (Å²) in [5, 5.41) is 5.81. The van der Waals surface area contributed by atoms with Crippen molar-refractivity contribution in [2.45, 2.75) is 13.3 Å². The number of para-hydroxylation sites is 1. The quantitative estimate of drug-likeness (QED) is 0.787. The number of nitrogens with zero attached hydrogens (tertiary/aromatic N) is 2. The molecule has 29 heavy (non-hydrogen) atoms. The van der Waals surface area contributed by atoms with Crippen molar-refractivity contribution in [3.05, 3.63) is 54.1 Å². The van der Waals surface area contributed by atoms with Crippen LogP contribution in [0.15, 0.2) is 48.5 Å². The summed E-state index contributed by atoms with van der Waals surface area (Å²) >= 11 is 0. The van der Waals surface area contributed by atoms with Gasteiger partial charge in [-0.05, 0) is 36.2 Å². The molecule has 1 fully saturated rings. The fourth-order valence-electron chi connectivity index (χ4n) is 3.48. The van der Waals surface area contributed by atoms with Crippen LogP contribution in [0.3, 0.4) is 0 Å². The average molecular weight is 396 g/mol. The van der Waals surface area contributed by atoms with Crippen molar-refractivity contribution in [2.75, 3.05) is 50.1 Å². The third-order valence-electron chi connectivity index (χ3n) is 4.96. The van der Waals surface area contributed by atoms with Gasteiger partial charge >= 0.3 is 6.03 Å².